The molecular formula is C7H12O3. The number of methoxy groups -OCH3 is 1. The number of esters is 1. The molecule has 3 heteroatoms. The van der Waals surface area contributed by atoms with Crippen LogP contribution in [-0.2, 0) is 14.3 Å². The number of aldehydes is 1. The number of hydrogen-bond donors (Lipinski definition) is 0. The standard InChI is InChI=1S/C7H12O3/c1-6(4-3-5-8)7(9)10-2/h5-6H,3-4H2,1-2H3. The number of hydrogen-bond acceptors (Lipinski definition) is 3. The van der Waals surface area contributed by atoms with Gasteiger partial charge in [0, 0.05) is 6.42 Å². The molecule has 10 heavy (non-hydrogen) atoms. The van der Waals surface area contributed by atoms with Gasteiger partial charge in [-0.15, -0.1) is 0 Å². The van der Waals surface area contributed by atoms with E-state index in [-0.39, 0.29) is 11.9 Å². The van der Waals surface area contributed by atoms with Crippen LogP contribution in [0.5, 0.6) is 0 Å². The lowest BCUT2D eigenvalue weighted by molar-refractivity contribution is -0.145. The van der Waals surface area contributed by atoms with Crippen molar-refractivity contribution in [2.24, 2.45) is 5.92 Å². The van der Waals surface area contributed by atoms with Crippen molar-refractivity contribution in [3.05, 3.63) is 0 Å². The van der Waals surface area contributed by atoms with Gasteiger partial charge in [0.2, 0.25) is 0 Å². The maximum Gasteiger partial charge on any atom is 0.308 e. The van der Waals surface area contributed by atoms with Crippen molar-refractivity contribution in [2.45, 2.75) is 19.8 Å². The van der Waals surface area contributed by atoms with Crippen LogP contribution in [0.1, 0.15) is 19.8 Å². The van der Waals surface area contributed by atoms with Gasteiger partial charge in [0.05, 0.1) is 13.0 Å². The van der Waals surface area contributed by atoms with Crippen LogP contribution in [-0.4, -0.2) is 19.4 Å². The van der Waals surface area contributed by atoms with E-state index in [0.29, 0.717) is 12.8 Å². The third kappa shape index (κ3) is 3.22. The van der Waals surface area contributed by atoms with E-state index in [9.17, 15) is 9.59 Å². The normalized spacial score (nSPS) is 12.2. The molecule has 0 N–H and O–H groups in total. The van der Waals surface area contributed by atoms with Crippen molar-refractivity contribution in [3.63, 3.8) is 0 Å². The zero-order chi connectivity index (χ0) is 7.98. The highest BCUT2D eigenvalue weighted by Crippen LogP contribution is 2.04. The summed E-state index contributed by atoms with van der Waals surface area (Å²) < 4.78 is 4.45. The van der Waals surface area contributed by atoms with Crippen molar-refractivity contribution in [2.75, 3.05) is 7.11 Å². The van der Waals surface area contributed by atoms with Crippen LogP contribution in [0, 0.1) is 5.92 Å². The summed E-state index contributed by atoms with van der Waals surface area (Å²) in [5.41, 5.74) is 0. The minimum Gasteiger partial charge on any atom is -0.469 e. The number of rotatable bonds is 4. The second kappa shape index (κ2) is 4.97. The second-order valence-electron chi connectivity index (χ2n) is 2.17. The second-order valence-corrected chi connectivity index (χ2v) is 2.17. The lowest BCUT2D eigenvalue weighted by atomic mass is 10.1. The Bertz CT molecular complexity index is 120. The quantitative estimate of drug-likeness (QED) is 0.432. The molecule has 0 aromatic rings. The number of carbonyl (C=O) groups excluding carboxylic acids is 2. The van der Waals surface area contributed by atoms with Crippen molar-refractivity contribution in [3.8, 4) is 0 Å². The minimum absolute atomic E-state index is 0.157. The van der Waals surface area contributed by atoms with Gasteiger partial charge < -0.3 is 9.53 Å². The molecule has 0 saturated carbocycles. The molecule has 0 aliphatic heterocycles. The topological polar surface area (TPSA) is 43.4 Å². The van der Waals surface area contributed by atoms with Gasteiger partial charge in [0.1, 0.15) is 6.29 Å². The average Bonchev–Trinajstić information content (AvgIpc) is 1.98. The molecular weight excluding hydrogens is 132 g/mol. The lowest BCUT2D eigenvalue weighted by Crippen LogP contribution is -2.12. The van der Waals surface area contributed by atoms with Gasteiger partial charge in [0.25, 0.3) is 0 Å². The molecule has 0 rings (SSSR count). The average molecular weight is 144 g/mol. The van der Waals surface area contributed by atoms with E-state index in [1.54, 1.807) is 6.92 Å². The van der Waals surface area contributed by atoms with Crippen LogP contribution in [0.3, 0.4) is 0 Å². The van der Waals surface area contributed by atoms with Crippen molar-refractivity contribution < 1.29 is 14.3 Å². The summed E-state index contributed by atoms with van der Waals surface area (Å²) >= 11 is 0. The molecule has 0 heterocycles. The molecule has 0 fully saturated rings. The third-order valence-corrected chi connectivity index (χ3v) is 1.32. The number of ether oxygens (including phenoxy) is 1. The molecule has 0 aliphatic rings. The third-order valence-electron chi connectivity index (χ3n) is 1.32. The van der Waals surface area contributed by atoms with Crippen molar-refractivity contribution >= 4 is 12.3 Å². The first-order valence-electron chi connectivity index (χ1n) is 3.23. The van der Waals surface area contributed by atoms with E-state index >= 15 is 0 Å². The van der Waals surface area contributed by atoms with E-state index < -0.39 is 0 Å². The fourth-order valence-corrected chi connectivity index (χ4v) is 0.637. The van der Waals surface area contributed by atoms with Gasteiger partial charge in [-0.3, -0.25) is 4.79 Å². The fraction of sp³-hybridized carbons (Fsp3) is 0.714. The molecule has 3 nitrogen and oxygen atoms in total. The Morgan fingerprint density at radius 2 is 2.30 bits per heavy atom. The van der Waals surface area contributed by atoms with E-state index in [1.807, 2.05) is 0 Å². The van der Waals surface area contributed by atoms with Gasteiger partial charge >= 0.3 is 5.97 Å². The Labute approximate surface area is 60.4 Å². The highest BCUT2D eigenvalue weighted by molar-refractivity contribution is 5.72. The molecule has 0 bridgehead atoms. The fourth-order valence-electron chi connectivity index (χ4n) is 0.637. The molecule has 0 spiro atoms. The summed E-state index contributed by atoms with van der Waals surface area (Å²) in [6, 6.07) is 0. The highest BCUT2D eigenvalue weighted by Gasteiger charge is 2.11. The Morgan fingerprint density at radius 1 is 1.70 bits per heavy atom. The first-order valence-corrected chi connectivity index (χ1v) is 3.23. The van der Waals surface area contributed by atoms with Gasteiger partial charge in [-0.2, -0.15) is 0 Å². The van der Waals surface area contributed by atoms with Crippen LogP contribution in [0.25, 0.3) is 0 Å². The number of carbonyl (C=O) groups is 2. The van der Waals surface area contributed by atoms with Gasteiger partial charge in [-0.05, 0) is 6.42 Å². The summed E-state index contributed by atoms with van der Waals surface area (Å²) in [4.78, 5) is 20.5. The summed E-state index contributed by atoms with van der Waals surface area (Å²) in [5.74, 6) is -0.406. The van der Waals surface area contributed by atoms with Crippen LogP contribution in [0.2, 0.25) is 0 Å². The van der Waals surface area contributed by atoms with Gasteiger partial charge in [0.15, 0.2) is 0 Å². The van der Waals surface area contributed by atoms with Gasteiger partial charge in [-0.25, -0.2) is 0 Å². The molecule has 0 radical (unpaired) electrons. The lowest BCUT2D eigenvalue weighted by Gasteiger charge is -2.04. The van der Waals surface area contributed by atoms with Crippen LogP contribution >= 0.6 is 0 Å². The Hall–Kier alpha value is -0.860. The summed E-state index contributed by atoms with van der Waals surface area (Å²) in [6.45, 7) is 1.75. The minimum atomic E-state index is -0.248. The summed E-state index contributed by atoms with van der Waals surface area (Å²) in [7, 11) is 1.35. The first kappa shape index (κ1) is 9.14. The molecule has 0 aromatic carbocycles. The van der Waals surface area contributed by atoms with Crippen molar-refractivity contribution in [1.82, 2.24) is 0 Å². The predicted octanol–water partition coefficient (Wildman–Crippen LogP) is 0.775. The van der Waals surface area contributed by atoms with E-state index in [2.05, 4.69) is 4.74 Å². The SMILES string of the molecule is COC(=O)C(C)CCC=O. The van der Waals surface area contributed by atoms with Crippen LogP contribution < -0.4 is 0 Å². The molecule has 0 amide bonds. The molecule has 0 aliphatic carbocycles. The van der Waals surface area contributed by atoms with E-state index in [1.165, 1.54) is 7.11 Å². The van der Waals surface area contributed by atoms with E-state index in [0.717, 1.165) is 6.29 Å². The Morgan fingerprint density at radius 3 is 2.70 bits per heavy atom. The molecule has 1 unspecified atom stereocenters. The smallest absolute Gasteiger partial charge is 0.308 e. The molecule has 58 valence electrons. The van der Waals surface area contributed by atoms with Crippen LogP contribution in [0.15, 0.2) is 0 Å². The monoisotopic (exact) mass is 144 g/mol. The summed E-state index contributed by atoms with van der Waals surface area (Å²) in [5, 5.41) is 0. The van der Waals surface area contributed by atoms with E-state index in [4.69, 9.17) is 0 Å². The maximum atomic E-state index is 10.7. The summed E-state index contributed by atoms with van der Waals surface area (Å²) in [6.07, 6.45) is 1.81. The maximum absolute atomic E-state index is 10.7. The van der Waals surface area contributed by atoms with Crippen LogP contribution in [0.4, 0.5) is 0 Å². The molecule has 0 saturated heterocycles. The zero-order valence-electron chi connectivity index (χ0n) is 6.29. The predicted molar refractivity (Wildman–Crippen MR) is 36.5 cm³/mol. The largest absolute Gasteiger partial charge is 0.469 e. The molecule has 0 aromatic heterocycles. The Balaban J connectivity index is 3.50. The van der Waals surface area contributed by atoms with Gasteiger partial charge in [-0.1, -0.05) is 6.92 Å². The highest BCUT2D eigenvalue weighted by atomic mass is 16.5. The zero-order valence-corrected chi connectivity index (χ0v) is 6.29. The first-order chi connectivity index (χ1) is 4.72. The molecule has 1 atom stereocenters. The Kier molecular flexibility index (Phi) is 4.54. The van der Waals surface area contributed by atoms with Crippen molar-refractivity contribution in [1.29, 1.82) is 0 Å².